The Labute approximate surface area is 141 Å². The molecule has 0 amide bonds. The van der Waals surface area contributed by atoms with Gasteiger partial charge in [0, 0.05) is 49.3 Å². The zero-order chi connectivity index (χ0) is 15.8. The topological polar surface area (TPSA) is 43.2 Å². The first-order valence-electron chi connectivity index (χ1n) is 8.20. The lowest BCUT2D eigenvalue weighted by Gasteiger charge is -2.37. The standard InChI is InChI=1S/C18H19ClN4/c19-15-3-4-17-16(9-15)18(14(10-20)11-21-17)23-7-5-22(6-8-23)12-13-1-2-13/h3-4,9,11,13H,1-2,5-8,12H2. The number of rotatable bonds is 3. The zero-order valence-corrected chi connectivity index (χ0v) is 13.8. The molecule has 118 valence electrons. The maximum Gasteiger partial charge on any atom is 0.103 e. The molecule has 2 fully saturated rings. The van der Waals surface area contributed by atoms with Crippen molar-refractivity contribution in [2.75, 3.05) is 37.6 Å². The van der Waals surface area contributed by atoms with E-state index in [-0.39, 0.29) is 0 Å². The summed E-state index contributed by atoms with van der Waals surface area (Å²) in [6.45, 7) is 5.26. The van der Waals surface area contributed by atoms with Gasteiger partial charge in [0.1, 0.15) is 6.07 Å². The molecule has 0 N–H and O–H groups in total. The third-order valence-electron chi connectivity index (χ3n) is 4.82. The van der Waals surface area contributed by atoms with Gasteiger partial charge in [-0.2, -0.15) is 5.26 Å². The first-order chi connectivity index (χ1) is 11.2. The molecular weight excluding hydrogens is 308 g/mol. The van der Waals surface area contributed by atoms with Gasteiger partial charge >= 0.3 is 0 Å². The van der Waals surface area contributed by atoms with E-state index in [1.54, 1.807) is 6.20 Å². The lowest BCUT2D eigenvalue weighted by Crippen LogP contribution is -2.47. The summed E-state index contributed by atoms with van der Waals surface area (Å²) in [5.74, 6) is 0.928. The fourth-order valence-corrected chi connectivity index (χ4v) is 3.57. The molecule has 0 spiro atoms. The van der Waals surface area contributed by atoms with Gasteiger partial charge in [0.05, 0.1) is 16.8 Å². The molecule has 0 bridgehead atoms. The molecule has 1 aliphatic carbocycles. The SMILES string of the molecule is N#Cc1cnc2ccc(Cl)cc2c1N1CCN(CC2CC2)CC1. The highest BCUT2D eigenvalue weighted by atomic mass is 35.5. The van der Waals surface area contributed by atoms with Gasteiger partial charge in [-0.05, 0) is 37.0 Å². The highest BCUT2D eigenvalue weighted by Crippen LogP contribution is 2.33. The Morgan fingerprint density at radius 2 is 2.00 bits per heavy atom. The number of nitrogens with zero attached hydrogens (tertiary/aromatic N) is 4. The number of piperazine rings is 1. The smallest absolute Gasteiger partial charge is 0.103 e. The van der Waals surface area contributed by atoms with Crippen molar-refractivity contribution in [1.82, 2.24) is 9.88 Å². The van der Waals surface area contributed by atoms with Gasteiger partial charge < -0.3 is 4.90 Å². The number of pyridine rings is 1. The van der Waals surface area contributed by atoms with Crippen molar-refractivity contribution in [1.29, 1.82) is 5.26 Å². The van der Waals surface area contributed by atoms with Gasteiger partial charge in [0.2, 0.25) is 0 Å². The fraction of sp³-hybridized carbons (Fsp3) is 0.444. The monoisotopic (exact) mass is 326 g/mol. The van der Waals surface area contributed by atoms with Gasteiger partial charge in [0.15, 0.2) is 0 Å². The number of nitriles is 1. The molecule has 0 unspecified atom stereocenters. The van der Waals surface area contributed by atoms with Crippen LogP contribution in [-0.2, 0) is 0 Å². The number of hydrogen-bond donors (Lipinski definition) is 0. The van der Waals surface area contributed by atoms with Crippen LogP contribution in [0.15, 0.2) is 24.4 Å². The summed E-state index contributed by atoms with van der Waals surface area (Å²) < 4.78 is 0. The molecule has 1 aromatic carbocycles. The third-order valence-corrected chi connectivity index (χ3v) is 5.06. The van der Waals surface area contributed by atoms with Crippen molar-refractivity contribution in [3.05, 3.63) is 35.0 Å². The second kappa shape index (κ2) is 5.99. The normalized spacial score (nSPS) is 19.0. The average Bonchev–Trinajstić information content (AvgIpc) is 3.38. The lowest BCUT2D eigenvalue weighted by atomic mass is 10.1. The van der Waals surface area contributed by atoms with Crippen molar-refractivity contribution >= 4 is 28.2 Å². The Hall–Kier alpha value is -1.83. The number of hydrogen-bond acceptors (Lipinski definition) is 4. The van der Waals surface area contributed by atoms with Crippen molar-refractivity contribution in [2.24, 2.45) is 5.92 Å². The highest BCUT2D eigenvalue weighted by molar-refractivity contribution is 6.31. The predicted octanol–water partition coefficient (Wildman–Crippen LogP) is 3.29. The van der Waals surface area contributed by atoms with E-state index < -0.39 is 0 Å². The van der Waals surface area contributed by atoms with Crippen LogP contribution in [0.25, 0.3) is 10.9 Å². The maximum absolute atomic E-state index is 9.50. The van der Waals surface area contributed by atoms with E-state index in [1.807, 2.05) is 18.2 Å². The molecule has 2 heterocycles. The Morgan fingerprint density at radius 3 is 2.70 bits per heavy atom. The van der Waals surface area contributed by atoms with Gasteiger partial charge in [-0.25, -0.2) is 0 Å². The first-order valence-corrected chi connectivity index (χ1v) is 8.58. The molecule has 2 aliphatic rings. The van der Waals surface area contributed by atoms with E-state index in [9.17, 15) is 5.26 Å². The van der Waals surface area contributed by atoms with Crippen LogP contribution in [-0.4, -0.2) is 42.6 Å². The predicted molar refractivity (Wildman–Crippen MR) is 92.8 cm³/mol. The fourth-order valence-electron chi connectivity index (χ4n) is 3.39. The number of benzene rings is 1. The highest BCUT2D eigenvalue weighted by Gasteiger charge is 2.27. The van der Waals surface area contributed by atoms with Crippen molar-refractivity contribution in [2.45, 2.75) is 12.8 Å². The summed E-state index contributed by atoms with van der Waals surface area (Å²) in [5, 5.41) is 11.2. The summed E-state index contributed by atoms with van der Waals surface area (Å²) in [7, 11) is 0. The minimum atomic E-state index is 0.635. The van der Waals surface area contributed by atoms with Crippen LogP contribution < -0.4 is 4.90 Å². The average molecular weight is 327 g/mol. The first kappa shape index (κ1) is 14.7. The third kappa shape index (κ3) is 2.99. The number of anilines is 1. The Bertz CT molecular complexity index is 770. The quantitative estimate of drug-likeness (QED) is 0.868. The van der Waals surface area contributed by atoms with E-state index in [4.69, 9.17) is 11.6 Å². The Kier molecular flexibility index (Phi) is 3.84. The van der Waals surface area contributed by atoms with E-state index in [0.29, 0.717) is 10.6 Å². The largest absolute Gasteiger partial charge is 0.367 e. The number of fused-ring (bicyclic) bond motifs is 1. The van der Waals surface area contributed by atoms with Crippen LogP contribution in [0.5, 0.6) is 0 Å². The Morgan fingerprint density at radius 1 is 1.22 bits per heavy atom. The van der Waals surface area contributed by atoms with Crippen LogP contribution >= 0.6 is 11.6 Å². The molecule has 0 atom stereocenters. The van der Waals surface area contributed by atoms with Crippen molar-refractivity contribution in [3.63, 3.8) is 0 Å². The van der Waals surface area contributed by atoms with E-state index >= 15 is 0 Å². The second-order valence-electron chi connectivity index (χ2n) is 6.52. The second-order valence-corrected chi connectivity index (χ2v) is 6.96. The molecule has 4 nitrogen and oxygen atoms in total. The molecule has 1 saturated heterocycles. The number of halogens is 1. The molecule has 23 heavy (non-hydrogen) atoms. The van der Waals surface area contributed by atoms with Crippen LogP contribution in [0.1, 0.15) is 18.4 Å². The molecule has 1 saturated carbocycles. The molecule has 2 aromatic rings. The summed E-state index contributed by atoms with van der Waals surface area (Å²) in [6, 6.07) is 7.99. The van der Waals surface area contributed by atoms with Crippen molar-refractivity contribution < 1.29 is 0 Å². The van der Waals surface area contributed by atoms with Crippen LogP contribution in [0, 0.1) is 17.2 Å². The Balaban J connectivity index is 1.65. The van der Waals surface area contributed by atoms with E-state index in [1.165, 1.54) is 19.4 Å². The summed E-state index contributed by atoms with van der Waals surface area (Å²) in [5.41, 5.74) is 2.52. The number of aromatic nitrogens is 1. The summed E-state index contributed by atoms with van der Waals surface area (Å²) in [4.78, 5) is 9.27. The van der Waals surface area contributed by atoms with E-state index in [2.05, 4.69) is 20.9 Å². The van der Waals surface area contributed by atoms with Gasteiger partial charge in [0.25, 0.3) is 0 Å². The molecule has 1 aromatic heterocycles. The molecular formula is C18H19ClN4. The summed E-state index contributed by atoms with van der Waals surface area (Å²) in [6.07, 6.45) is 4.47. The maximum atomic E-state index is 9.50. The minimum Gasteiger partial charge on any atom is -0.367 e. The van der Waals surface area contributed by atoms with Crippen molar-refractivity contribution in [3.8, 4) is 6.07 Å². The summed E-state index contributed by atoms with van der Waals surface area (Å²) >= 11 is 6.18. The lowest BCUT2D eigenvalue weighted by molar-refractivity contribution is 0.248. The van der Waals surface area contributed by atoms with Crippen LogP contribution in [0.4, 0.5) is 5.69 Å². The minimum absolute atomic E-state index is 0.635. The molecule has 5 heteroatoms. The van der Waals surface area contributed by atoms with Crippen LogP contribution in [0.2, 0.25) is 5.02 Å². The van der Waals surface area contributed by atoms with E-state index in [0.717, 1.165) is 48.7 Å². The molecule has 1 aliphatic heterocycles. The van der Waals surface area contributed by atoms with Gasteiger partial charge in [-0.15, -0.1) is 0 Å². The van der Waals surface area contributed by atoms with Crippen LogP contribution in [0.3, 0.4) is 0 Å². The van der Waals surface area contributed by atoms with Gasteiger partial charge in [-0.3, -0.25) is 9.88 Å². The molecule has 4 rings (SSSR count). The van der Waals surface area contributed by atoms with Gasteiger partial charge in [-0.1, -0.05) is 11.6 Å². The molecule has 0 radical (unpaired) electrons. The zero-order valence-electron chi connectivity index (χ0n) is 13.0.